The summed E-state index contributed by atoms with van der Waals surface area (Å²) in [4.78, 5) is 0.0439. The zero-order chi connectivity index (χ0) is 14.0. The molecule has 0 unspecified atom stereocenters. The Bertz CT molecular complexity index is 682. The highest BCUT2D eigenvalue weighted by molar-refractivity contribution is 9.10. The minimum Gasteiger partial charge on any atom is -0.397 e. The highest BCUT2D eigenvalue weighted by Gasteiger charge is 2.17. The van der Waals surface area contributed by atoms with Crippen molar-refractivity contribution in [2.24, 2.45) is 0 Å². The van der Waals surface area contributed by atoms with E-state index >= 15 is 0 Å². The third-order valence-electron chi connectivity index (χ3n) is 2.39. The molecule has 0 bridgehead atoms. The minimum atomic E-state index is -3.70. The average molecular weight is 362 g/mol. The molecule has 2 aromatic rings. The van der Waals surface area contributed by atoms with Gasteiger partial charge < -0.3 is 5.73 Å². The molecule has 0 aromatic heterocycles. The van der Waals surface area contributed by atoms with Crippen molar-refractivity contribution in [3.05, 3.63) is 52.0 Å². The number of hydrogen-bond acceptors (Lipinski definition) is 3. The number of nitrogens with one attached hydrogen (secondary N) is 1. The molecule has 0 fully saturated rings. The van der Waals surface area contributed by atoms with Crippen LogP contribution in [0.15, 0.2) is 51.8 Å². The van der Waals surface area contributed by atoms with Gasteiger partial charge in [0.15, 0.2) is 0 Å². The van der Waals surface area contributed by atoms with Crippen molar-refractivity contribution in [3.8, 4) is 0 Å². The van der Waals surface area contributed by atoms with E-state index in [4.69, 9.17) is 17.3 Å². The van der Waals surface area contributed by atoms with Crippen molar-refractivity contribution in [1.82, 2.24) is 0 Å². The second-order valence-electron chi connectivity index (χ2n) is 3.77. The van der Waals surface area contributed by atoms with E-state index in [0.29, 0.717) is 15.8 Å². The number of benzene rings is 2. The molecular formula is C12H10BrClN2O2S. The van der Waals surface area contributed by atoms with Gasteiger partial charge in [-0.3, -0.25) is 4.72 Å². The van der Waals surface area contributed by atoms with Crippen molar-refractivity contribution >= 4 is 48.9 Å². The summed E-state index contributed by atoms with van der Waals surface area (Å²) in [5, 5.41) is 0.183. The lowest BCUT2D eigenvalue weighted by Gasteiger charge is -2.10. The third-order valence-corrected chi connectivity index (χ3v) is 4.72. The van der Waals surface area contributed by atoms with Crippen LogP contribution in [0, 0.1) is 0 Å². The Morgan fingerprint density at radius 1 is 1.16 bits per heavy atom. The van der Waals surface area contributed by atoms with Gasteiger partial charge in [-0.25, -0.2) is 8.42 Å². The van der Waals surface area contributed by atoms with Crippen LogP contribution in [0.2, 0.25) is 5.02 Å². The van der Waals surface area contributed by atoms with E-state index in [9.17, 15) is 8.42 Å². The van der Waals surface area contributed by atoms with Crippen molar-refractivity contribution in [2.45, 2.75) is 4.90 Å². The summed E-state index contributed by atoms with van der Waals surface area (Å²) in [5.74, 6) is 0. The second kappa shape index (κ2) is 5.40. The fraction of sp³-hybridized carbons (Fsp3) is 0. The Hall–Kier alpha value is -1.24. The molecule has 0 atom stereocenters. The number of anilines is 2. The van der Waals surface area contributed by atoms with E-state index in [2.05, 4.69) is 20.7 Å². The SMILES string of the molecule is Nc1c(Cl)cc(S(=O)(=O)Nc2ccccc2)cc1Br. The number of rotatable bonds is 3. The van der Waals surface area contributed by atoms with Gasteiger partial charge in [-0.1, -0.05) is 29.8 Å². The largest absolute Gasteiger partial charge is 0.397 e. The molecule has 2 aromatic carbocycles. The molecule has 100 valence electrons. The van der Waals surface area contributed by atoms with Crippen molar-refractivity contribution in [1.29, 1.82) is 0 Å². The molecular weight excluding hydrogens is 352 g/mol. The molecule has 2 rings (SSSR count). The van der Waals surface area contributed by atoms with Crippen LogP contribution >= 0.6 is 27.5 Å². The zero-order valence-corrected chi connectivity index (χ0v) is 12.8. The van der Waals surface area contributed by atoms with Gasteiger partial charge in [-0.15, -0.1) is 0 Å². The highest BCUT2D eigenvalue weighted by atomic mass is 79.9. The average Bonchev–Trinajstić information content (AvgIpc) is 2.36. The molecule has 0 radical (unpaired) electrons. The Balaban J connectivity index is 2.40. The lowest BCUT2D eigenvalue weighted by Crippen LogP contribution is -2.13. The number of nitrogen functional groups attached to an aromatic ring is 1. The molecule has 0 aliphatic carbocycles. The van der Waals surface area contributed by atoms with Gasteiger partial charge in [0.2, 0.25) is 0 Å². The predicted octanol–water partition coefficient (Wildman–Crippen LogP) is 3.49. The molecule has 0 spiro atoms. The van der Waals surface area contributed by atoms with Gasteiger partial charge in [0.1, 0.15) is 0 Å². The van der Waals surface area contributed by atoms with Crippen LogP contribution in [0.4, 0.5) is 11.4 Å². The fourth-order valence-corrected chi connectivity index (χ4v) is 3.56. The van der Waals surface area contributed by atoms with Crippen LogP contribution in [0.25, 0.3) is 0 Å². The Labute approximate surface area is 124 Å². The minimum absolute atomic E-state index is 0.0439. The maximum Gasteiger partial charge on any atom is 0.261 e. The van der Waals surface area contributed by atoms with Crippen molar-refractivity contribution in [2.75, 3.05) is 10.5 Å². The van der Waals surface area contributed by atoms with E-state index in [1.165, 1.54) is 12.1 Å². The predicted molar refractivity (Wildman–Crippen MR) is 80.8 cm³/mol. The molecule has 0 saturated carbocycles. The van der Waals surface area contributed by atoms with E-state index in [1.807, 2.05) is 0 Å². The topological polar surface area (TPSA) is 72.2 Å². The molecule has 4 nitrogen and oxygen atoms in total. The van der Waals surface area contributed by atoms with E-state index in [-0.39, 0.29) is 9.92 Å². The molecule has 3 N–H and O–H groups in total. The number of sulfonamides is 1. The standard InChI is InChI=1S/C12H10BrClN2O2S/c13-10-6-9(7-11(14)12(10)15)19(17,18)16-8-4-2-1-3-5-8/h1-7,16H,15H2. The smallest absolute Gasteiger partial charge is 0.261 e. The lowest BCUT2D eigenvalue weighted by molar-refractivity contribution is 0.601. The van der Waals surface area contributed by atoms with Gasteiger partial charge in [0.05, 0.1) is 15.6 Å². The summed E-state index contributed by atoms with van der Waals surface area (Å²) in [7, 11) is -3.70. The lowest BCUT2D eigenvalue weighted by atomic mass is 10.3. The van der Waals surface area contributed by atoms with Crippen LogP contribution in [-0.2, 0) is 10.0 Å². The normalized spacial score (nSPS) is 11.3. The molecule has 7 heteroatoms. The first-order chi connectivity index (χ1) is 8.90. The van der Waals surface area contributed by atoms with Crippen LogP contribution in [0.5, 0.6) is 0 Å². The summed E-state index contributed by atoms with van der Waals surface area (Å²) < 4.78 is 27.3. The fourth-order valence-electron chi connectivity index (χ4n) is 1.44. The highest BCUT2D eigenvalue weighted by Crippen LogP contribution is 2.31. The third kappa shape index (κ3) is 3.20. The first-order valence-corrected chi connectivity index (χ1v) is 7.88. The Morgan fingerprint density at radius 2 is 1.79 bits per heavy atom. The van der Waals surface area contributed by atoms with Gasteiger partial charge in [0.25, 0.3) is 10.0 Å². The molecule has 0 aliphatic rings. The van der Waals surface area contributed by atoms with Crippen molar-refractivity contribution in [3.63, 3.8) is 0 Å². The van der Waals surface area contributed by atoms with Gasteiger partial charge in [0, 0.05) is 10.2 Å². The Morgan fingerprint density at radius 3 is 2.37 bits per heavy atom. The summed E-state index contributed by atoms with van der Waals surface area (Å²) in [6.45, 7) is 0. The van der Waals surface area contributed by atoms with Crippen LogP contribution < -0.4 is 10.5 Å². The van der Waals surface area contributed by atoms with E-state index in [1.54, 1.807) is 30.3 Å². The Kier molecular flexibility index (Phi) is 4.03. The van der Waals surface area contributed by atoms with Gasteiger partial charge in [-0.2, -0.15) is 0 Å². The number of para-hydroxylation sites is 1. The number of nitrogens with two attached hydrogens (primary N) is 1. The van der Waals surface area contributed by atoms with Gasteiger partial charge >= 0.3 is 0 Å². The maximum absolute atomic E-state index is 12.2. The summed E-state index contributed by atoms with van der Waals surface area (Å²) in [6.07, 6.45) is 0. The van der Waals surface area contributed by atoms with E-state index in [0.717, 1.165) is 0 Å². The monoisotopic (exact) mass is 360 g/mol. The molecule has 0 amide bonds. The number of halogens is 2. The maximum atomic E-state index is 12.2. The van der Waals surface area contributed by atoms with Gasteiger partial charge in [-0.05, 0) is 40.2 Å². The van der Waals surface area contributed by atoms with Crippen LogP contribution in [-0.4, -0.2) is 8.42 Å². The zero-order valence-electron chi connectivity index (χ0n) is 9.60. The van der Waals surface area contributed by atoms with Crippen LogP contribution in [0.1, 0.15) is 0 Å². The first-order valence-electron chi connectivity index (χ1n) is 5.22. The summed E-state index contributed by atoms with van der Waals surface area (Å²) in [6, 6.07) is 11.3. The number of hydrogen-bond donors (Lipinski definition) is 2. The molecule has 0 aliphatic heterocycles. The molecule has 19 heavy (non-hydrogen) atoms. The molecule has 0 saturated heterocycles. The summed E-state index contributed by atoms with van der Waals surface area (Å²) in [5.41, 5.74) is 6.44. The first kappa shape index (κ1) is 14.2. The van der Waals surface area contributed by atoms with Crippen molar-refractivity contribution < 1.29 is 8.42 Å². The quantitative estimate of drug-likeness (QED) is 0.822. The van der Waals surface area contributed by atoms with E-state index < -0.39 is 10.0 Å². The molecule has 0 heterocycles. The summed E-state index contributed by atoms with van der Waals surface area (Å²) >= 11 is 9.05. The second-order valence-corrected chi connectivity index (χ2v) is 6.72. The van der Waals surface area contributed by atoms with Crippen LogP contribution in [0.3, 0.4) is 0 Å².